The van der Waals surface area contributed by atoms with Crippen LogP contribution < -0.4 is 0 Å². The lowest BCUT2D eigenvalue weighted by Gasteiger charge is -2.02. The Kier molecular flexibility index (Phi) is 3.92. The minimum atomic E-state index is -0.344. The van der Waals surface area contributed by atoms with Gasteiger partial charge in [0, 0.05) is 17.7 Å². The zero-order valence-corrected chi connectivity index (χ0v) is 11.7. The van der Waals surface area contributed by atoms with Gasteiger partial charge in [-0.1, -0.05) is 0 Å². The summed E-state index contributed by atoms with van der Waals surface area (Å²) in [6.45, 7) is 0. The van der Waals surface area contributed by atoms with E-state index in [0.717, 1.165) is 10.5 Å². The largest absolute Gasteiger partial charge is 0.341 e. The van der Waals surface area contributed by atoms with Gasteiger partial charge in [0.2, 0.25) is 0 Å². The standard InChI is InChI=1S/C14H11FN4OS/c15-10-3-1-9(2-4-10)11(20)5-6-21-14-12-13(17-7-16-12)18-8-19-14/h1-4,7-8H,5-6H2,(H,16,17,18,19). The highest BCUT2D eigenvalue weighted by Gasteiger charge is 2.09. The number of ketones is 1. The van der Waals surface area contributed by atoms with Crippen molar-refractivity contribution in [1.29, 1.82) is 0 Å². The van der Waals surface area contributed by atoms with E-state index in [1.807, 2.05) is 0 Å². The molecular weight excluding hydrogens is 291 g/mol. The predicted molar refractivity (Wildman–Crippen MR) is 77.8 cm³/mol. The molecule has 0 radical (unpaired) electrons. The van der Waals surface area contributed by atoms with Crippen LogP contribution >= 0.6 is 11.8 Å². The van der Waals surface area contributed by atoms with Crippen LogP contribution in [-0.2, 0) is 0 Å². The number of aromatic nitrogens is 4. The van der Waals surface area contributed by atoms with E-state index in [9.17, 15) is 9.18 Å². The van der Waals surface area contributed by atoms with Crippen molar-refractivity contribution in [3.8, 4) is 0 Å². The van der Waals surface area contributed by atoms with Crippen molar-refractivity contribution >= 4 is 28.7 Å². The molecule has 0 fully saturated rings. The third-order valence-corrected chi connectivity index (χ3v) is 3.91. The van der Waals surface area contributed by atoms with Gasteiger partial charge in [-0.05, 0) is 24.3 Å². The van der Waals surface area contributed by atoms with Gasteiger partial charge in [-0.25, -0.2) is 19.3 Å². The van der Waals surface area contributed by atoms with Gasteiger partial charge in [-0.15, -0.1) is 11.8 Å². The van der Waals surface area contributed by atoms with Gasteiger partial charge in [-0.3, -0.25) is 4.79 Å². The van der Waals surface area contributed by atoms with E-state index in [1.54, 1.807) is 6.33 Å². The lowest BCUT2D eigenvalue weighted by molar-refractivity contribution is 0.0989. The maximum absolute atomic E-state index is 12.8. The minimum Gasteiger partial charge on any atom is -0.341 e. The number of aromatic amines is 1. The summed E-state index contributed by atoms with van der Waals surface area (Å²) in [7, 11) is 0. The summed E-state index contributed by atoms with van der Waals surface area (Å²) in [5.41, 5.74) is 1.90. The second-order valence-corrected chi connectivity index (χ2v) is 5.39. The number of H-pyrrole nitrogens is 1. The van der Waals surface area contributed by atoms with Crippen LogP contribution in [0.25, 0.3) is 11.2 Å². The van der Waals surface area contributed by atoms with Gasteiger partial charge in [0.1, 0.15) is 22.7 Å². The van der Waals surface area contributed by atoms with E-state index in [2.05, 4.69) is 19.9 Å². The van der Waals surface area contributed by atoms with Crippen molar-refractivity contribution in [3.05, 3.63) is 48.3 Å². The molecule has 7 heteroatoms. The van der Waals surface area contributed by atoms with Crippen LogP contribution in [0.2, 0.25) is 0 Å². The maximum atomic E-state index is 12.8. The first-order valence-electron chi connectivity index (χ1n) is 6.29. The average Bonchev–Trinajstić information content (AvgIpc) is 2.97. The predicted octanol–water partition coefficient (Wildman–Crippen LogP) is 2.86. The molecular formula is C14H11FN4OS. The number of fused-ring (bicyclic) bond motifs is 1. The molecule has 5 nitrogen and oxygen atoms in total. The average molecular weight is 302 g/mol. The normalized spacial score (nSPS) is 10.9. The molecule has 21 heavy (non-hydrogen) atoms. The molecule has 3 aromatic rings. The van der Waals surface area contributed by atoms with Gasteiger partial charge < -0.3 is 4.98 Å². The summed E-state index contributed by atoms with van der Waals surface area (Å²) in [6, 6.07) is 5.58. The summed E-state index contributed by atoms with van der Waals surface area (Å²) in [4.78, 5) is 27.2. The molecule has 0 spiro atoms. The Hall–Kier alpha value is -2.28. The van der Waals surface area contributed by atoms with Crippen LogP contribution in [0.1, 0.15) is 16.8 Å². The molecule has 0 unspecified atom stereocenters. The highest BCUT2D eigenvalue weighted by atomic mass is 32.2. The first kappa shape index (κ1) is 13.7. The fourth-order valence-electron chi connectivity index (χ4n) is 1.87. The molecule has 0 aliphatic rings. The molecule has 0 aliphatic carbocycles. The fraction of sp³-hybridized carbons (Fsp3) is 0.143. The van der Waals surface area contributed by atoms with Gasteiger partial charge >= 0.3 is 0 Å². The van der Waals surface area contributed by atoms with Gasteiger partial charge in [0.15, 0.2) is 11.4 Å². The summed E-state index contributed by atoms with van der Waals surface area (Å²) >= 11 is 1.46. The molecule has 0 bridgehead atoms. The van der Waals surface area contributed by atoms with Crippen LogP contribution in [0.5, 0.6) is 0 Å². The Morgan fingerprint density at radius 2 is 2.00 bits per heavy atom. The second-order valence-electron chi connectivity index (χ2n) is 4.31. The number of nitrogens with one attached hydrogen (secondary N) is 1. The first-order valence-corrected chi connectivity index (χ1v) is 7.28. The highest BCUT2D eigenvalue weighted by Crippen LogP contribution is 2.22. The topological polar surface area (TPSA) is 71.5 Å². The van der Waals surface area contributed by atoms with Crippen molar-refractivity contribution < 1.29 is 9.18 Å². The molecule has 0 atom stereocenters. The van der Waals surface area contributed by atoms with E-state index in [0.29, 0.717) is 23.4 Å². The Bertz CT molecular complexity index is 772. The zero-order valence-electron chi connectivity index (χ0n) is 10.9. The Balaban J connectivity index is 1.62. The number of carbonyl (C=O) groups excluding carboxylic acids is 1. The third kappa shape index (κ3) is 3.08. The fourth-order valence-corrected chi connectivity index (χ4v) is 2.77. The Morgan fingerprint density at radius 1 is 1.19 bits per heavy atom. The van der Waals surface area contributed by atoms with E-state index < -0.39 is 0 Å². The number of nitrogens with zero attached hydrogens (tertiary/aromatic N) is 3. The molecule has 2 heterocycles. The zero-order chi connectivity index (χ0) is 14.7. The number of hydrogen-bond donors (Lipinski definition) is 1. The Morgan fingerprint density at radius 3 is 2.81 bits per heavy atom. The third-order valence-electron chi connectivity index (χ3n) is 2.92. The number of Topliss-reactive ketones (excluding diaryl/α,β-unsaturated/α-hetero) is 1. The lowest BCUT2D eigenvalue weighted by Crippen LogP contribution is -2.00. The van der Waals surface area contributed by atoms with Crippen LogP contribution in [-0.4, -0.2) is 31.5 Å². The molecule has 2 aromatic heterocycles. The number of hydrogen-bond acceptors (Lipinski definition) is 5. The van der Waals surface area contributed by atoms with Crippen LogP contribution in [0.3, 0.4) is 0 Å². The molecule has 3 rings (SSSR count). The highest BCUT2D eigenvalue weighted by molar-refractivity contribution is 7.99. The molecule has 0 amide bonds. The van der Waals surface area contributed by atoms with Gasteiger partial charge in [0.05, 0.1) is 6.33 Å². The summed E-state index contributed by atoms with van der Waals surface area (Å²) < 4.78 is 12.8. The van der Waals surface area contributed by atoms with Gasteiger partial charge in [-0.2, -0.15) is 0 Å². The molecule has 0 saturated carbocycles. The quantitative estimate of drug-likeness (QED) is 0.446. The minimum absolute atomic E-state index is 0.0163. The second kappa shape index (κ2) is 6.01. The Labute approximate surface area is 124 Å². The molecule has 1 aromatic carbocycles. The molecule has 1 N–H and O–H groups in total. The number of carbonyl (C=O) groups is 1. The number of rotatable bonds is 5. The number of halogens is 1. The van der Waals surface area contributed by atoms with Crippen LogP contribution in [0.15, 0.2) is 41.9 Å². The van der Waals surface area contributed by atoms with Crippen molar-refractivity contribution in [1.82, 2.24) is 19.9 Å². The van der Waals surface area contributed by atoms with E-state index in [-0.39, 0.29) is 11.6 Å². The lowest BCUT2D eigenvalue weighted by atomic mass is 10.1. The number of imidazole rings is 1. The molecule has 0 saturated heterocycles. The van der Waals surface area contributed by atoms with Crippen LogP contribution in [0.4, 0.5) is 4.39 Å². The van der Waals surface area contributed by atoms with Crippen molar-refractivity contribution in [2.24, 2.45) is 0 Å². The summed E-state index contributed by atoms with van der Waals surface area (Å²) in [6.07, 6.45) is 3.37. The van der Waals surface area contributed by atoms with Crippen molar-refractivity contribution in [2.75, 3.05) is 5.75 Å². The smallest absolute Gasteiger partial charge is 0.181 e. The summed E-state index contributed by atoms with van der Waals surface area (Å²) in [5, 5.41) is 0.768. The number of thioether (sulfide) groups is 1. The molecule has 106 valence electrons. The monoisotopic (exact) mass is 302 g/mol. The van der Waals surface area contributed by atoms with E-state index in [4.69, 9.17) is 0 Å². The van der Waals surface area contributed by atoms with Crippen LogP contribution in [0, 0.1) is 5.82 Å². The molecule has 0 aliphatic heterocycles. The van der Waals surface area contributed by atoms with Gasteiger partial charge in [0.25, 0.3) is 0 Å². The van der Waals surface area contributed by atoms with E-state index in [1.165, 1.54) is 42.4 Å². The van der Waals surface area contributed by atoms with E-state index >= 15 is 0 Å². The SMILES string of the molecule is O=C(CCSc1ncnc2nc[nH]c12)c1ccc(F)cc1. The first-order chi connectivity index (χ1) is 10.2. The maximum Gasteiger partial charge on any atom is 0.181 e. The van der Waals surface area contributed by atoms with Crippen molar-refractivity contribution in [2.45, 2.75) is 11.4 Å². The van der Waals surface area contributed by atoms with Crippen molar-refractivity contribution in [3.63, 3.8) is 0 Å². The summed E-state index contributed by atoms with van der Waals surface area (Å²) in [5.74, 6) is 0.224. The number of benzene rings is 1.